The van der Waals surface area contributed by atoms with Gasteiger partial charge in [-0.15, -0.1) is 0 Å². The van der Waals surface area contributed by atoms with Crippen molar-refractivity contribution in [1.29, 1.82) is 0 Å². The summed E-state index contributed by atoms with van der Waals surface area (Å²) in [5.41, 5.74) is 4.12. The van der Waals surface area contributed by atoms with Gasteiger partial charge in [-0.1, -0.05) is 44.9 Å². The van der Waals surface area contributed by atoms with E-state index in [-0.39, 0.29) is 0 Å². The van der Waals surface area contributed by atoms with Gasteiger partial charge in [0.2, 0.25) is 0 Å². The van der Waals surface area contributed by atoms with E-state index < -0.39 is 0 Å². The molecule has 0 spiro atoms. The average molecular weight is 215 g/mol. The lowest BCUT2D eigenvalue weighted by atomic mass is 9.96. The first-order valence-electron chi connectivity index (χ1n) is 6.28. The predicted molar refractivity (Wildman–Crippen MR) is 70.8 cm³/mol. The van der Waals surface area contributed by atoms with E-state index in [0.29, 0.717) is 0 Å². The Bertz CT molecular complexity index is 467. The lowest BCUT2D eigenvalue weighted by molar-refractivity contribution is 0.524. The molecule has 86 valence electrons. The molecule has 1 atom stereocenters. The fourth-order valence-electron chi connectivity index (χ4n) is 2.50. The number of aromatic amines is 1. The van der Waals surface area contributed by atoms with Crippen LogP contribution in [0.4, 0.5) is 0 Å². The van der Waals surface area contributed by atoms with Crippen molar-refractivity contribution in [2.45, 2.75) is 40.0 Å². The molecule has 1 heterocycles. The molecule has 0 aliphatic heterocycles. The summed E-state index contributed by atoms with van der Waals surface area (Å²) in [6, 6.07) is 6.55. The minimum Gasteiger partial charge on any atom is -0.361 e. The monoisotopic (exact) mass is 215 g/mol. The lowest BCUT2D eigenvalue weighted by Crippen LogP contribution is -1.98. The molecule has 16 heavy (non-hydrogen) atoms. The maximum atomic E-state index is 3.40. The van der Waals surface area contributed by atoms with Crippen LogP contribution >= 0.6 is 0 Å². The highest BCUT2D eigenvalue weighted by molar-refractivity contribution is 5.85. The molecule has 2 aromatic rings. The predicted octanol–water partition coefficient (Wildman–Crippen LogP) is 4.46. The number of rotatable bonds is 4. The Kier molecular flexibility index (Phi) is 3.33. The molecule has 0 aliphatic rings. The molecular formula is C15H21N. The molecule has 0 radical (unpaired) electrons. The summed E-state index contributed by atoms with van der Waals surface area (Å²) in [7, 11) is 0. The fraction of sp³-hybridized carbons (Fsp3) is 0.467. The fourth-order valence-corrected chi connectivity index (χ4v) is 2.50. The van der Waals surface area contributed by atoms with Gasteiger partial charge in [0.25, 0.3) is 0 Å². The van der Waals surface area contributed by atoms with E-state index in [1.54, 1.807) is 0 Å². The van der Waals surface area contributed by atoms with Crippen LogP contribution in [0.2, 0.25) is 0 Å². The molecule has 2 rings (SSSR count). The Morgan fingerprint density at radius 1 is 1.31 bits per heavy atom. The molecule has 0 saturated heterocycles. The zero-order chi connectivity index (χ0) is 11.5. The Hall–Kier alpha value is -1.24. The Balaban J connectivity index is 2.28. The van der Waals surface area contributed by atoms with Crippen LogP contribution in [0.3, 0.4) is 0 Å². The second-order valence-electron chi connectivity index (χ2n) is 4.91. The molecule has 0 aliphatic carbocycles. The SMILES string of the molecule is CCCC(C)Cc1c[nH]c2c(C)cccc12. The summed E-state index contributed by atoms with van der Waals surface area (Å²) in [4.78, 5) is 3.40. The number of fused-ring (bicyclic) bond motifs is 1. The van der Waals surface area contributed by atoms with E-state index in [9.17, 15) is 0 Å². The lowest BCUT2D eigenvalue weighted by Gasteiger charge is -2.08. The molecule has 0 fully saturated rings. The topological polar surface area (TPSA) is 15.8 Å². The van der Waals surface area contributed by atoms with Crippen molar-refractivity contribution in [2.75, 3.05) is 0 Å². The van der Waals surface area contributed by atoms with Gasteiger partial charge in [0.15, 0.2) is 0 Å². The van der Waals surface area contributed by atoms with Crippen LogP contribution in [0, 0.1) is 12.8 Å². The van der Waals surface area contributed by atoms with Crippen molar-refractivity contribution >= 4 is 10.9 Å². The molecule has 0 bridgehead atoms. The third-order valence-corrected chi connectivity index (χ3v) is 3.36. The molecule has 1 aromatic carbocycles. The van der Waals surface area contributed by atoms with E-state index in [1.165, 1.54) is 41.3 Å². The van der Waals surface area contributed by atoms with E-state index in [4.69, 9.17) is 0 Å². The van der Waals surface area contributed by atoms with Crippen LogP contribution in [0.15, 0.2) is 24.4 Å². The quantitative estimate of drug-likeness (QED) is 0.775. The summed E-state index contributed by atoms with van der Waals surface area (Å²) in [6.07, 6.45) is 5.97. The van der Waals surface area contributed by atoms with Crippen molar-refractivity contribution in [2.24, 2.45) is 5.92 Å². The smallest absolute Gasteiger partial charge is 0.0486 e. The second-order valence-corrected chi connectivity index (χ2v) is 4.91. The molecule has 1 nitrogen and oxygen atoms in total. The van der Waals surface area contributed by atoms with E-state index in [0.717, 1.165) is 5.92 Å². The highest BCUT2D eigenvalue weighted by Crippen LogP contribution is 2.24. The zero-order valence-electron chi connectivity index (χ0n) is 10.5. The van der Waals surface area contributed by atoms with Gasteiger partial charge in [-0.25, -0.2) is 0 Å². The molecule has 1 unspecified atom stereocenters. The first-order valence-corrected chi connectivity index (χ1v) is 6.28. The van der Waals surface area contributed by atoms with Crippen molar-refractivity contribution < 1.29 is 0 Å². The van der Waals surface area contributed by atoms with Gasteiger partial charge >= 0.3 is 0 Å². The molecule has 1 N–H and O–H groups in total. The van der Waals surface area contributed by atoms with Crippen molar-refractivity contribution in [3.8, 4) is 0 Å². The summed E-state index contributed by atoms with van der Waals surface area (Å²) >= 11 is 0. The first-order chi connectivity index (χ1) is 7.72. The van der Waals surface area contributed by atoms with Gasteiger partial charge in [-0.3, -0.25) is 0 Å². The van der Waals surface area contributed by atoms with Crippen molar-refractivity contribution in [1.82, 2.24) is 4.98 Å². The maximum Gasteiger partial charge on any atom is 0.0486 e. The van der Waals surface area contributed by atoms with E-state index in [2.05, 4.69) is 50.2 Å². The Morgan fingerprint density at radius 3 is 2.88 bits per heavy atom. The summed E-state index contributed by atoms with van der Waals surface area (Å²) in [5, 5.41) is 1.41. The van der Waals surface area contributed by atoms with Crippen LogP contribution in [-0.4, -0.2) is 4.98 Å². The van der Waals surface area contributed by atoms with Gasteiger partial charge in [-0.05, 0) is 30.4 Å². The number of hydrogen-bond acceptors (Lipinski definition) is 0. The van der Waals surface area contributed by atoms with Crippen LogP contribution in [-0.2, 0) is 6.42 Å². The van der Waals surface area contributed by atoms with Gasteiger partial charge in [0, 0.05) is 17.1 Å². The highest BCUT2D eigenvalue weighted by Gasteiger charge is 2.08. The number of aromatic nitrogens is 1. The molecular weight excluding hydrogens is 194 g/mol. The average Bonchev–Trinajstić information content (AvgIpc) is 2.64. The number of nitrogens with one attached hydrogen (secondary N) is 1. The van der Waals surface area contributed by atoms with Gasteiger partial charge in [0.1, 0.15) is 0 Å². The van der Waals surface area contributed by atoms with Gasteiger partial charge in [-0.2, -0.15) is 0 Å². The molecule has 1 heteroatoms. The molecule has 0 saturated carbocycles. The number of para-hydroxylation sites is 1. The summed E-state index contributed by atoms with van der Waals surface area (Å²) < 4.78 is 0. The minimum atomic E-state index is 0.782. The van der Waals surface area contributed by atoms with Crippen LogP contribution in [0.5, 0.6) is 0 Å². The van der Waals surface area contributed by atoms with Gasteiger partial charge < -0.3 is 4.98 Å². The molecule has 0 amide bonds. The number of benzene rings is 1. The largest absolute Gasteiger partial charge is 0.361 e. The maximum absolute atomic E-state index is 3.40. The summed E-state index contributed by atoms with van der Waals surface area (Å²) in [5.74, 6) is 0.782. The number of hydrogen-bond donors (Lipinski definition) is 1. The van der Waals surface area contributed by atoms with Crippen molar-refractivity contribution in [3.05, 3.63) is 35.5 Å². The Labute approximate surface area is 97.9 Å². The van der Waals surface area contributed by atoms with Crippen LogP contribution in [0.25, 0.3) is 10.9 Å². The zero-order valence-corrected chi connectivity index (χ0v) is 10.5. The second kappa shape index (κ2) is 4.73. The summed E-state index contributed by atoms with van der Waals surface area (Å²) in [6.45, 7) is 6.77. The van der Waals surface area contributed by atoms with Crippen LogP contribution in [0.1, 0.15) is 37.8 Å². The normalized spacial score (nSPS) is 13.2. The number of H-pyrrole nitrogens is 1. The first kappa shape index (κ1) is 11.3. The highest BCUT2D eigenvalue weighted by atomic mass is 14.7. The third-order valence-electron chi connectivity index (χ3n) is 3.36. The van der Waals surface area contributed by atoms with Crippen molar-refractivity contribution in [3.63, 3.8) is 0 Å². The van der Waals surface area contributed by atoms with Crippen LogP contribution < -0.4 is 0 Å². The van der Waals surface area contributed by atoms with E-state index in [1.807, 2.05) is 0 Å². The van der Waals surface area contributed by atoms with E-state index >= 15 is 0 Å². The Morgan fingerprint density at radius 2 is 2.12 bits per heavy atom. The van der Waals surface area contributed by atoms with Gasteiger partial charge in [0.05, 0.1) is 0 Å². The standard InChI is InChI=1S/C15H21N/c1-4-6-11(2)9-13-10-16-15-12(3)7-5-8-14(13)15/h5,7-8,10-11,16H,4,6,9H2,1-3H3. The third kappa shape index (κ3) is 2.13. The molecule has 1 aromatic heterocycles. The number of aryl methyl sites for hydroxylation is 1. The minimum absolute atomic E-state index is 0.782.